The topological polar surface area (TPSA) is 89.0 Å². The van der Waals surface area contributed by atoms with Crippen molar-refractivity contribution in [2.45, 2.75) is 26.5 Å². The molecule has 37 heavy (non-hydrogen) atoms. The summed E-state index contributed by atoms with van der Waals surface area (Å²) in [5.41, 5.74) is 4.33. The van der Waals surface area contributed by atoms with Crippen LogP contribution in [-0.4, -0.2) is 31.2 Å². The van der Waals surface area contributed by atoms with Gasteiger partial charge in [0, 0.05) is 10.0 Å². The minimum absolute atomic E-state index is 0.195. The van der Waals surface area contributed by atoms with Gasteiger partial charge < -0.3 is 14.8 Å². The van der Waals surface area contributed by atoms with Crippen molar-refractivity contribution in [2.24, 2.45) is 11.0 Å². The van der Waals surface area contributed by atoms with E-state index in [4.69, 9.17) is 44.3 Å². The molecule has 10 heteroatoms. The van der Waals surface area contributed by atoms with Crippen molar-refractivity contribution in [3.05, 3.63) is 92.4 Å². The standard InChI is InChI=1S/C27H26Cl3N3O4/c1-16(2)25(32-26(34)21-10-9-20(29)13-22(21)30)27(35)33-31-14-18-6-11-23(24(12-18)36-3)37-15-17-4-7-19(28)8-5-17/h4-14,16,25H,15H2,1-3H3,(H,32,34)(H,33,35)/b31-14-. The Balaban J connectivity index is 1.62. The van der Waals surface area contributed by atoms with Gasteiger partial charge in [0.1, 0.15) is 12.6 Å². The summed E-state index contributed by atoms with van der Waals surface area (Å²) < 4.78 is 11.3. The average molecular weight is 563 g/mol. The van der Waals surface area contributed by atoms with E-state index in [0.29, 0.717) is 33.7 Å². The van der Waals surface area contributed by atoms with Crippen LogP contribution in [0.2, 0.25) is 15.1 Å². The number of methoxy groups -OCH3 is 1. The number of hydrogen-bond acceptors (Lipinski definition) is 5. The first-order chi connectivity index (χ1) is 17.7. The van der Waals surface area contributed by atoms with Crippen molar-refractivity contribution in [1.29, 1.82) is 0 Å². The number of hydrogen-bond donors (Lipinski definition) is 2. The normalized spacial score (nSPS) is 11.9. The first-order valence-electron chi connectivity index (χ1n) is 11.3. The lowest BCUT2D eigenvalue weighted by Crippen LogP contribution is -2.48. The molecule has 3 aromatic rings. The van der Waals surface area contributed by atoms with E-state index in [1.165, 1.54) is 25.5 Å². The Kier molecular flexibility index (Phi) is 10.2. The van der Waals surface area contributed by atoms with Crippen LogP contribution in [0.1, 0.15) is 35.3 Å². The van der Waals surface area contributed by atoms with E-state index in [9.17, 15) is 9.59 Å². The fourth-order valence-electron chi connectivity index (χ4n) is 3.29. The van der Waals surface area contributed by atoms with Crippen LogP contribution in [0.3, 0.4) is 0 Å². The van der Waals surface area contributed by atoms with Gasteiger partial charge in [0.15, 0.2) is 11.5 Å². The molecular formula is C27H26Cl3N3O4. The molecule has 0 aliphatic rings. The van der Waals surface area contributed by atoms with Crippen molar-refractivity contribution in [3.63, 3.8) is 0 Å². The second-order valence-corrected chi connectivity index (χ2v) is 9.66. The third kappa shape index (κ3) is 8.12. The number of amides is 2. The molecule has 0 saturated heterocycles. The molecule has 0 spiro atoms. The average Bonchev–Trinajstić information content (AvgIpc) is 2.86. The smallest absolute Gasteiger partial charge is 0.262 e. The van der Waals surface area contributed by atoms with Gasteiger partial charge in [-0.05, 0) is 65.6 Å². The quantitative estimate of drug-likeness (QED) is 0.229. The summed E-state index contributed by atoms with van der Waals surface area (Å²) in [7, 11) is 1.54. The second kappa shape index (κ2) is 13.3. The molecule has 1 unspecified atom stereocenters. The molecule has 7 nitrogen and oxygen atoms in total. The summed E-state index contributed by atoms with van der Waals surface area (Å²) in [6, 6.07) is 16.3. The highest BCUT2D eigenvalue weighted by molar-refractivity contribution is 6.36. The summed E-state index contributed by atoms with van der Waals surface area (Å²) >= 11 is 17.9. The number of nitrogens with one attached hydrogen (secondary N) is 2. The van der Waals surface area contributed by atoms with Crippen molar-refractivity contribution < 1.29 is 19.1 Å². The van der Waals surface area contributed by atoms with E-state index in [1.54, 1.807) is 36.4 Å². The maximum Gasteiger partial charge on any atom is 0.262 e. The van der Waals surface area contributed by atoms with E-state index in [0.717, 1.165) is 5.56 Å². The molecule has 0 aromatic heterocycles. The van der Waals surface area contributed by atoms with Crippen LogP contribution in [0.15, 0.2) is 65.8 Å². The highest BCUT2D eigenvalue weighted by atomic mass is 35.5. The van der Waals surface area contributed by atoms with Crippen LogP contribution in [0.25, 0.3) is 0 Å². The Morgan fingerprint density at radius 3 is 2.30 bits per heavy atom. The molecule has 0 fully saturated rings. The summed E-state index contributed by atoms with van der Waals surface area (Å²) in [5.74, 6) is -0.0983. The first kappa shape index (κ1) is 28.3. The van der Waals surface area contributed by atoms with Gasteiger partial charge in [-0.3, -0.25) is 9.59 Å². The van der Waals surface area contributed by atoms with Crippen LogP contribution in [0.5, 0.6) is 11.5 Å². The number of carbonyl (C=O) groups is 2. The van der Waals surface area contributed by atoms with Crippen molar-refractivity contribution in [3.8, 4) is 11.5 Å². The third-order valence-corrected chi connectivity index (χ3v) is 6.09. The molecule has 194 valence electrons. The van der Waals surface area contributed by atoms with Crippen LogP contribution in [-0.2, 0) is 11.4 Å². The van der Waals surface area contributed by atoms with Crippen molar-refractivity contribution in [2.75, 3.05) is 7.11 Å². The van der Waals surface area contributed by atoms with Crippen LogP contribution < -0.4 is 20.2 Å². The minimum Gasteiger partial charge on any atom is -0.493 e. The molecule has 0 heterocycles. The summed E-state index contributed by atoms with van der Waals surface area (Å²) in [4.78, 5) is 25.4. The van der Waals surface area contributed by atoms with Gasteiger partial charge in [-0.2, -0.15) is 5.10 Å². The zero-order chi connectivity index (χ0) is 26.9. The number of carbonyl (C=O) groups excluding carboxylic acids is 2. The van der Waals surface area contributed by atoms with Gasteiger partial charge in [0.2, 0.25) is 0 Å². The van der Waals surface area contributed by atoms with Gasteiger partial charge in [0.05, 0.1) is 23.9 Å². The predicted molar refractivity (Wildman–Crippen MR) is 147 cm³/mol. The van der Waals surface area contributed by atoms with E-state index in [-0.39, 0.29) is 16.5 Å². The predicted octanol–water partition coefficient (Wildman–Crippen LogP) is 6.14. The van der Waals surface area contributed by atoms with Crippen LogP contribution in [0, 0.1) is 5.92 Å². The van der Waals surface area contributed by atoms with Crippen molar-refractivity contribution >= 4 is 52.8 Å². The molecule has 3 aromatic carbocycles. The van der Waals surface area contributed by atoms with Gasteiger partial charge in [0.25, 0.3) is 11.8 Å². The number of nitrogens with zero attached hydrogens (tertiary/aromatic N) is 1. The monoisotopic (exact) mass is 561 g/mol. The Morgan fingerprint density at radius 1 is 0.946 bits per heavy atom. The van der Waals surface area contributed by atoms with Gasteiger partial charge in [-0.1, -0.05) is 60.8 Å². The Morgan fingerprint density at radius 2 is 1.65 bits per heavy atom. The van der Waals surface area contributed by atoms with Crippen molar-refractivity contribution in [1.82, 2.24) is 10.7 Å². The number of rotatable bonds is 10. The Labute approximate surface area is 230 Å². The highest BCUT2D eigenvalue weighted by Gasteiger charge is 2.25. The molecule has 0 aliphatic heterocycles. The SMILES string of the molecule is COc1cc(/C=N\NC(=O)C(NC(=O)c2ccc(Cl)cc2Cl)C(C)C)ccc1OCc1ccc(Cl)cc1. The molecule has 3 rings (SSSR count). The lowest BCUT2D eigenvalue weighted by atomic mass is 10.0. The molecule has 0 bridgehead atoms. The van der Waals surface area contributed by atoms with E-state index >= 15 is 0 Å². The highest BCUT2D eigenvalue weighted by Crippen LogP contribution is 2.28. The molecule has 0 radical (unpaired) electrons. The maximum atomic E-state index is 12.8. The maximum absolute atomic E-state index is 12.8. The number of ether oxygens (including phenoxy) is 2. The number of halogens is 3. The molecule has 1 atom stereocenters. The third-order valence-electron chi connectivity index (χ3n) is 5.30. The Hall–Kier alpha value is -3.26. The fourth-order valence-corrected chi connectivity index (χ4v) is 3.91. The number of benzene rings is 3. The zero-order valence-electron chi connectivity index (χ0n) is 20.4. The first-order valence-corrected chi connectivity index (χ1v) is 12.5. The summed E-state index contributed by atoms with van der Waals surface area (Å²) in [5, 5.41) is 8.00. The lowest BCUT2D eigenvalue weighted by molar-refractivity contribution is -0.123. The van der Waals surface area contributed by atoms with Crippen LogP contribution in [0.4, 0.5) is 0 Å². The van der Waals surface area contributed by atoms with Crippen LogP contribution >= 0.6 is 34.8 Å². The molecule has 0 saturated carbocycles. The van der Waals surface area contributed by atoms with Gasteiger partial charge in [-0.15, -0.1) is 0 Å². The largest absolute Gasteiger partial charge is 0.493 e. The molecular weight excluding hydrogens is 537 g/mol. The lowest BCUT2D eigenvalue weighted by Gasteiger charge is -2.20. The zero-order valence-corrected chi connectivity index (χ0v) is 22.7. The van der Waals surface area contributed by atoms with E-state index in [2.05, 4.69) is 15.8 Å². The van der Waals surface area contributed by atoms with Gasteiger partial charge in [-0.25, -0.2) is 5.43 Å². The summed E-state index contributed by atoms with van der Waals surface area (Å²) in [6.07, 6.45) is 1.47. The Bertz CT molecular complexity index is 1280. The second-order valence-electron chi connectivity index (χ2n) is 8.38. The molecule has 2 amide bonds. The molecule has 2 N–H and O–H groups in total. The molecule has 0 aliphatic carbocycles. The van der Waals surface area contributed by atoms with Gasteiger partial charge >= 0.3 is 0 Å². The minimum atomic E-state index is -0.838. The van der Waals surface area contributed by atoms with E-state index in [1.807, 2.05) is 26.0 Å². The fraction of sp³-hybridized carbons (Fsp3) is 0.222. The summed E-state index contributed by atoms with van der Waals surface area (Å²) in [6.45, 7) is 3.97. The number of hydrazone groups is 1. The van der Waals surface area contributed by atoms with E-state index < -0.39 is 17.9 Å².